The second-order valence-electron chi connectivity index (χ2n) is 5.31. The van der Waals surface area contributed by atoms with Crippen molar-refractivity contribution in [2.45, 2.75) is 19.0 Å². The van der Waals surface area contributed by atoms with Gasteiger partial charge in [0.2, 0.25) is 0 Å². The normalized spacial score (nSPS) is 12.6. The Morgan fingerprint density at radius 2 is 1.90 bits per heavy atom. The van der Waals surface area contributed by atoms with Gasteiger partial charge in [-0.2, -0.15) is 0 Å². The molecule has 2 nitrogen and oxygen atoms in total. The molecule has 1 atom stereocenters. The molecule has 2 N–H and O–H groups in total. The summed E-state index contributed by atoms with van der Waals surface area (Å²) >= 11 is 9.45. The zero-order valence-electron chi connectivity index (χ0n) is 12.1. The molecule has 1 unspecified atom stereocenters. The third kappa shape index (κ3) is 5.44. The Hall–Kier alpha value is -0.870. The molecule has 21 heavy (non-hydrogen) atoms. The average Bonchev–Trinajstić information content (AvgIpc) is 2.45. The molecule has 4 heteroatoms. The van der Waals surface area contributed by atoms with Gasteiger partial charge in [-0.05, 0) is 55.4 Å². The summed E-state index contributed by atoms with van der Waals surface area (Å²) in [4.78, 5) is 2.27. The molecular formula is C17H20BrClN2. The van der Waals surface area contributed by atoms with Crippen molar-refractivity contribution in [3.8, 4) is 0 Å². The van der Waals surface area contributed by atoms with Crippen molar-refractivity contribution >= 4 is 27.5 Å². The van der Waals surface area contributed by atoms with Crippen molar-refractivity contribution in [1.29, 1.82) is 0 Å². The summed E-state index contributed by atoms with van der Waals surface area (Å²) in [6.45, 7) is 1.83. The SMILES string of the molecule is CN(CCC(N)c1ccc(Br)cc1)Cc1cccc(Cl)c1. The first kappa shape index (κ1) is 16.5. The van der Waals surface area contributed by atoms with Crippen molar-refractivity contribution in [3.05, 3.63) is 69.2 Å². The third-order valence-electron chi connectivity index (χ3n) is 3.46. The first-order valence-corrected chi connectivity index (χ1v) is 8.16. The summed E-state index contributed by atoms with van der Waals surface area (Å²) in [6, 6.07) is 16.3. The highest BCUT2D eigenvalue weighted by Crippen LogP contribution is 2.18. The maximum atomic E-state index is 6.25. The van der Waals surface area contributed by atoms with E-state index < -0.39 is 0 Å². The molecule has 112 valence electrons. The Labute approximate surface area is 140 Å². The summed E-state index contributed by atoms with van der Waals surface area (Å²) < 4.78 is 1.08. The predicted octanol–water partition coefficient (Wildman–Crippen LogP) is 4.62. The molecule has 2 rings (SSSR count). The second-order valence-corrected chi connectivity index (χ2v) is 6.67. The molecule has 0 aliphatic heterocycles. The van der Waals surface area contributed by atoms with Crippen LogP contribution in [0.1, 0.15) is 23.6 Å². The number of benzene rings is 2. The Balaban J connectivity index is 1.83. The van der Waals surface area contributed by atoms with E-state index in [2.05, 4.69) is 46.1 Å². The Bertz CT molecular complexity index is 571. The number of hydrogen-bond acceptors (Lipinski definition) is 2. The highest BCUT2D eigenvalue weighted by atomic mass is 79.9. The fraction of sp³-hybridized carbons (Fsp3) is 0.294. The van der Waals surface area contributed by atoms with Crippen LogP contribution in [-0.2, 0) is 6.54 Å². The van der Waals surface area contributed by atoms with Gasteiger partial charge in [0.1, 0.15) is 0 Å². The Kier molecular flexibility index (Phi) is 6.24. The minimum atomic E-state index is 0.0694. The van der Waals surface area contributed by atoms with Crippen LogP contribution in [0.25, 0.3) is 0 Å². The molecule has 2 aromatic carbocycles. The lowest BCUT2D eigenvalue weighted by atomic mass is 10.0. The van der Waals surface area contributed by atoms with Gasteiger partial charge in [0, 0.05) is 22.1 Å². The van der Waals surface area contributed by atoms with Crippen LogP contribution in [0.5, 0.6) is 0 Å². The van der Waals surface area contributed by atoms with E-state index in [9.17, 15) is 0 Å². The highest BCUT2D eigenvalue weighted by molar-refractivity contribution is 9.10. The number of halogens is 2. The van der Waals surface area contributed by atoms with Crippen LogP contribution in [-0.4, -0.2) is 18.5 Å². The Morgan fingerprint density at radius 3 is 2.57 bits per heavy atom. The van der Waals surface area contributed by atoms with Gasteiger partial charge < -0.3 is 10.6 Å². The van der Waals surface area contributed by atoms with Crippen LogP contribution in [0.4, 0.5) is 0 Å². The third-order valence-corrected chi connectivity index (χ3v) is 4.23. The smallest absolute Gasteiger partial charge is 0.0409 e. The van der Waals surface area contributed by atoms with Crippen LogP contribution < -0.4 is 5.73 Å². The van der Waals surface area contributed by atoms with Gasteiger partial charge in [0.05, 0.1) is 0 Å². The number of rotatable bonds is 6. The highest BCUT2D eigenvalue weighted by Gasteiger charge is 2.08. The van der Waals surface area contributed by atoms with Crippen molar-refractivity contribution in [2.24, 2.45) is 5.73 Å². The van der Waals surface area contributed by atoms with Crippen LogP contribution in [0.3, 0.4) is 0 Å². The molecule has 0 radical (unpaired) electrons. The van der Waals surface area contributed by atoms with E-state index >= 15 is 0 Å². The minimum absolute atomic E-state index is 0.0694. The molecule has 0 aromatic heterocycles. The molecule has 0 aliphatic carbocycles. The number of hydrogen-bond donors (Lipinski definition) is 1. The maximum Gasteiger partial charge on any atom is 0.0409 e. The van der Waals surface area contributed by atoms with Crippen LogP contribution in [0.15, 0.2) is 53.0 Å². The number of nitrogens with zero attached hydrogens (tertiary/aromatic N) is 1. The topological polar surface area (TPSA) is 29.3 Å². The quantitative estimate of drug-likeness (QED) is 0.807. The molecule has 0 aliphatic rings. The monoisotopic (exact) mass is 366 g/mol. The lowest BCUT2D eigenvalue weighted by Crippen LogP contribution is -2.23. The van der Waals surface area contributed by atoms with Gasteiger partial charge in [-0.25, -0.2) is 0 Å². The standard InChI is InChI=1S/C17H20BrClN2/c1-21(12-13-3-2-4-16(19)11-13)10-9-17(20)14-5-7-15(18)8-6-14/h2-8,11,17H,9-10,12,20H2,1H3. The molecule has 0 amide bonds. The van der Waals surface area contributed by atoms with Crippen molar-refractivity contribution in [1.82, 2.24) is 4.90 Å². The first-order chi connectivity index (χ1) is 10.0. The van der Waals surface area contributed by atoms with E-state index in [0.29, 0.717) is 0 Å². The predicted molar refractivity (Wildman–Crippen MR) is 93.5 cm³/mol. The average molecular weight is 368 g/mol. The van der Waals surface area contributed by atoms with Crippen molar-refractivity contribution < 1.29 is 0 Å². The van der Waals surface area contributed by atoms with Gasteiger partial charge >= 0.3 is 0 Å². The lowest BCUT2D eigenvalue weighted by Gasteiger charge is -2.20. The van der Waals surface area contributed by atoms with Gasteiger partial charge in [0.15, 0.2) is 0 Å². The summed E-state index contributed by atoms with van der Waals surface area (Å²) in [6.07, 6.45) is 0.929. The molecule has 0 fully saturated rings. The van der Waals surface area contributed by atoms with Crippen LogP contribution in [0.2, 0.25) is 5.02 Å². The van der Waals surface area contributed by atoms with E-state index in [-0.39, 0.29) is 6.04 Å². The Morgan fingerprint density at radius 1 is 1.19 bits per heavy atom. The fourth-order valence-corrected chi connectivity index (χ4v) is 2.74. The molecule has 2 aromatic rings. The van der Waals surface area contributed by atoms with Crippen molar-refractivity contribution in [2.75, 3.05) is 13.6 Å². The van der Waals surface area contributed by atoms with Gasteiger partial charge in [-0.1, -0.05) is 51.8 Å². The van der Waals surface area contributed by atoms with E-state index in [1.54, 1.807) is 0 Å². The molecule has 0 heterocycles. The van der Waals surface area contributed by atoms with Gasteiger partial charge in [-0.3, -0.25) is 0 Å². The van der Waals surface area contributed by atoms with Crippen LogP contribution in [0, 0.1) is 0 Å². The molecule has 0 bridgehead atoms. The zero-order chi connectivity index (χ0) is 15.2. The van der Waals surface area contributed by atoms with E-state index in [4.69, 9.17) is 17.3 Å². The summed E-state index contributed by atoms with van der Waals surface area (Å²) in [5.74, 6) is 0. The largest absolute Gasteiger partial charge is 0.324 e. The second kappa shape index (κ2) is 7.95. The van der Waals surface area contributed by atoms with E-state index in [1.165, 1.54) is 11.1 Å². The first-order valence-electron chi connectivity index (χ1n) is 6.98. The summed E-state index contributed by atoms with van der Waals surface area (Å²) in [5.41, 5.74) is 8.65. The number of nitrogens with two attached hydrogens (primary N) is 1. The zero-order valence-corrected chi connectivity index (χ0v) is 14.4. The van der Waals surface area contributed by atoms with E-state index in [0.717, 1.165) is 29.0 Å². The molecule has 0 spiro atoms. The minimum Gasteiger partial charge on any atom is -0.324 e. The maximum absolute atomic E-state index is 6.25. The molecule has 0 saturated heterocycles. The summed E-state index contributed by atoms with van der Waals surface area (Å²) in [5, 5.41) is 0.785. The van der Waals surface area contributed by atoms with Gasteiger partial charge in [-0.15, -0.1) is 0 Å². The summed E-state index contributed by atoms with van der Waals surface area (Å²) in [7, 11) is 2.11. The van der Waals surface area contributed by atoms with Crippen molar-refractivity contribution in [3.63, 3.8) is 0 Å². The fourth-order valence-electron chi connectivity index (χ4n) is 2.26. The van der Waals surface area contributed by atoms with Gasteiger partial charge in [0.25, 0.3) is 0 Å². The molecular weight excluding hydrogens is 348 g/mol. The van der Waals surface area contributed by atoms with Crippen LogP contribution >= 0.6 is 27.5 Å². The molecule has 0 saturated carbocycles. The van der Waals surface area contributed by atoms with E-state index in [1.807, 2.05) is 30.3 Å². The lowest BCUT2D eigenvalue weighted by molar-refractivity contribution is 0.311.